The lowest BCUT2D eigenvalue weighted by Crippen LogP contribution is -1.93. The van der Waals surface area contributed by atoms with Crippen LogP contribution in [0.15, 0.2) is 18.3 Å². The molecule has 54 valence electrons. The highest BCUT2D eigenvalue weighted by Crippen LogP contribution is 2.06. The van der Waals surface area contributed by atoms with Crippen LogP contribution in [0.25, 0.3) is 0 Å². The number of aromatic nitrogens is 1. The van der Waals surface area contributed by atoms with Crippen LogP contribution in [0.5, 0.6) is 0 Å². The monoisotopic (exact) mass is 155 g/mol. The van der Waals surface area contributed by atoms with E-state index in [1.165, 1.54) is 5.56 Å². The first kappa shape index (κ1) is 7.37. The Kier molecular flexibility index (Phi) is 2.53. The molecule has 1 aromatic rings. The zero-order valence-electron chi connectivity index (χ0n) is 5.66. The van der Waals surface area contributed by atoms with Crippen molar-refractivity contribution in [2.75, 3.05) is 4.72 Å². The van der Waals surface area contributed by atoms with Crippen molar-refractivity contribution >= 4 is 18.0 Å². The summed E-state index contributed by atoms with van der Waals surface area (Å²) in [4.78, 5) is 4.02. The topological polar surface area (TPSA) is 50.9 Å². The highest BCUT2D eigenvalue weighted by Gasteiger charge is 1.89. The largest absolute Gasteiger partial charge is 0.301 e. The van der Waals surface area contributed by atoms with Crippen LogP contribution in [0.1, 0.15) is 5.56 Å². The van der Waals surface area contributed by atoms with E-state index >= 15 is 0 Å². The zero-order chi connectivity index (χ0) is 7.40. The molecule has 0 spiro atoms. The number of nitrogens with one attached hydrogen (secondary N) is 1. The molecule has 0 aliphatic rings. The number of pyridine rings is 1. The van der Waals surface area contributed by atoms with Crippen LogP contribution in [0.2, 0.25) is 0 Å². The maximum Gasteiger partial charge on any atom is 0.136 e. The van der Waals surface area contributed by atoms with E-state index in [4.69, 9.17) is 5.14 Å². The van der Waals surface area contributed by atoms with Gasteiger partial charge < -0.3 is 4.72 Å². The Morgan fingerprint density at radius 1 is 1.70 bits per heavy atom. The number of aryl methyl sites for hydroxylation is 1. The van der Waals surface area contributed by atoms with Gasteiger partial charge in [0.2, 0.25) is 0 Å². The Hall–Kier alpha value is -0.740. The van der Waals surface area contributed by atoms with Crippen LogP contribution in [0.3, 0.4) is 0 Å². The van der Waals surface area contributed by atoms with Gasteiger partial charge in [0.1, 0.15) is 5.82 Å². The molecule has 0 aliphatic carbocycles. The molecule has 0 atom stereocenters. The molecule has 1 heterocycles. The number of nitrogens with two attached hydrogens (primary N) is 1. The quantitative estimate of drug-likeness (QED) is 0.632. The number of nitrogens with zero attached hydrogens (tertiary/aromatic N) is 1. The fourth-order valence-corrected chi connectivity index (χ4v) is 0.885. The van der Waals surface area contributed by atoms with E-state index in [0.717, 1.165) is 18.0 Å². The minimum atomic E-state index is 0.799. The maximum absolute atomic E-state index is 5.18. The first-order valence-corrected chi connectivity index (χ1v) is 3.75. The standard InChI is InChI=1S/C6H9N3S/c1-5-2-3-8-6(4-5)9-10-7/h2-4H,7H2,1H3,(H,8,9). The van der Waals surface area contributed by atoms with Gasteiger partial charge in [-0.2, -0.15) is 0 Å². The lowest BCUT2D eigenvalue weighted by atomic mass is 10.3. The van der Waals surface area contributed by atoms with Crippen molar-refractivity contribution < 1.29 is 0 Å². The van der Waals surface area contributed by atoms with Crippen LogP contribution < -0.4 is 9.86 Å². The molecule has 0 unspecified atom stereocenters. The van der Waals surface area contributed by atoms with Crippen LogP contribution in [-0.2, 0) is 0 Å². The van der Waals surface area contributed by atoms with Crippen molar-refractivity contribution in [2.24, 2.45) is 5.14 Å². The van der Waals surface area contributed by atoms with E-state index in [1.807, 2.05) is 19.1 Å². The molecule has 1 aromatic heterocycles. The second kappa shape index (κ2) is 3.43. The summed E-state index contributed by atoms with van der Waals surface area (Å²) in [5.41, 5.74) is 1.17. The van der Waals surface area contributed by atoms with Gasteiger partial charge in [-0.05, 0) is 24.6 Å². The first-order valence-electron chi connectivity index (χ1n) is 2.87. The second-order valence-corrected chi connectivity index (χ2v) is 2.38. The number of rotatable bonds is 2. The molecule has 1 rings (SSSR count). The smallest absolute Gasteiger partial charge is 0.136 e. The summed E-state index contributed by atoms with van der Waals surface area (Å²) in [6, 6.07) is 3.87. The maximum atomic E-state index is 5.18. The molecular weight excluding hydrogens is 146 g/mol. The van der Waals surface area contributed by atoms with Crippen molar-refractivity contribution in [1.29, 1.82) is 0 Å². The predicted octanol–water partition coefficient (Wildman–Crippen LogP) is 1.32. The molecule has 10 heavy (non-hydrogen) atoms. The summed E-state index contributed by atoms with van der Waals surface area (Å²) in [5, 5.41) is 5.18. The van der Waals surface area contributed by atoms with Gasteiger partial charge in [0, 0.05) is 18.3 Å². The molecule has 0 amide bonds. The third kappa shape index (κ3) is 1.89. The average molecular weight is 155 g/mol. The third-order valence-corrected chi connectivity index (χ3v) is 1.41. The zero-order valence-corrected chi connectivity index (χ0v) is 6.48. The van der Waals surface area contributed by atoms with E-state index in [2.05, 4.69) is 9.71 Å². The van der Waals surface area contributed by atoms with Gasteiger partial charge in [0.05, 0.1) is 0 Å². The minimum absolute atomic E-state index is 0.799. The van der Waals surface area contributed by atoms with Gasteiger partial charge in [-0.1, -0.05) is 0 Å². The molecular formula is C6H9N3S. The Bertz CT molecular complexity index is 214. The predicted molar refractivity (Wildman–Crippen MR) is 44.4 cm³/mol. The highest BCUT2D eigenvalue weighted by atomic mass is 32.2. The Morgan fingerprint density at radius 3 is 3.10 bits per heavy atom. The minimum Gasteiger partial charge on any atom is -0.301 e. The van der Waals surface area contributed by atoms with Crippen LogP contribution in [0, 0.1) is 6.92 Å². The number of anilines is 1. The lowest BCUT2D eigenvalue weighted by molar-refractivity contribution is 1.29. The molecule has 4 heteroatoms. The van der Waals surface area contributed by atoms with Crippen molar-refractivity contribution in [1.82, 2.24) is 4.98 Å². The van der Waals surface area contributed by atoms with Crippen molar-refractivity contribution in [2.45, 2.75) is 6.92 Å². The highest BCUT2D eigenvalue weighted by molar-refractivity contribution is 7.98. The van der Waals surface area contributed by atoms with E-state index in [9.17, 15) is 0 Å². The summed E-state index contributed by atoms with van der Waals surface area (Å²) in [6.45, 7) is 2.01. The SMILES string of the molecule is Cc1ccnc(NSN)c1. The summed E-state index contributed by atoms with van der Waals surface area (Å²) < 4.78 is 2.83. The van der Waals surface area contributed by atoms with Gasteiger partial charge >= 0.3 is 0 Å². The molecule has 3 nitrogen and oxygen atoms in total. The van der Waals surface area contributed by atoms with Crippen molar-refractivity contribution in [3.63, 3.8) is 0 Å². The van der Waals surface area contributed by atoms with Gasteiger partial charge in [0.25, 0.3) is 0 Å². The fourth-order valence-electron chi connectivity index (χ4n) is 0.652. The van der Waals surface area contributed by atoms with Gasteiger partial charge in [0.15, 0.2) is 0 Å². The van der Waals surface area contributed by atoms with Crippen molar-refractivity contribution in [3.8, 4) is 0 Å². The second-order valence-electron chi connectivity index (χ2n) is 1.94. The molecule has 0 radical (unpaired) electrons. The summed E-state index contributed by atoms with van der Waals surface area (Å²) in [6.07, 6.45) is 1.74. The fraction of sp³-hybridized carbons (Fsp3) is 0.167. The number of hydrogen-bond donors (Lipinski definition) is 2. The summed E-state index contributed by atoms with van der Waals surface area (Å²) in [7, 11) is 0. The van der Waals surface area contributed by atoms with Crippen LogP contribution in [0.4, 0.5) is 5.82 Å². The van der Waals surface area contributed by atoms with E-state index in [-0.39, 0.29) is 0 Å². The first-order chi connectivity index (χ1) is 4.83. The van der Waals surface area contributed by atoms with Crippen LogP contribution in [-0.4, -0.2) is 4.98 Å². The summed E-state index contributed by atoms with van der Waals surface area (Å²) >= 11 is 1.05. The molecule has 0 saturated heterocycles. The molecule has 0 aliphatic heterocycles. The molecule has 0 bridgehead atoms. The molecule has 3 N–H and O–H groups in total. The number of hydrogen-bond acceptors (Lipinski definition) is 4. The molecule has 0 fully saturated rings. The molecule has 0 aromatic carbocycles. The van der Waals surface area contributed by atoms with E-state index in [0.29, 0.717) is 0 Å². The normalized spacial score (nSPS) is 9.40. The Labute approximate surface area is 64.3 Å². The Morgan fingerprint density at radius 2 is 2.50 bits per heavy atom. The van der Waals surface area contributed by atoms with E-state index in [1.54, 1.807) is 6.20 Å². The summed E-state index contributed by atoms with van der Waals surface area (Å²) in [5.74, 6) is 0.799. The van der Waals surface area contributed by atoms with Crippen LogP contribution >= 0.6 is 12.1 Å². The van der Waals surface area contributed by atoms with Gasteiger partial charge in [-0.25, -0.2) is 4.98 Å². The van der Waals surface area contributed by atoms with E-state index < -0.39 is 0 Å². The van der Waals surface area contributed by atoms with Gasteiger partial charge in [-0.3, -0.25) is 5.14 Å². The Balaban J connectivity index is 2.75. The molecule has 0 saturated carbocycles. The van der Waals surface area contributed by atoms with Gasteiger partial charge in [-0.15, -0.1) is 0 Å². The average Bonchev–Trinajstić information content (AvgIpc) is 1.88. The lowest BCUT2D eigenvalue weighted by Gasteiger charge is -1.99. The van der Waals surface area contributed by atoms with Crippen molar-refractivity contribution in [3.05, 3.63) is 23.9 Å². The third-order valence-electron chi connectivity index (χ3n) is 1.08.